The summed E-state index contributed by atoms with van der Waals surface area (Å²) in [7, 11) is 1.59. The average Bonchev–Trinajstić information content (AvgIpc) is 2.44. The van der Waals surface area contributed by atoms with Gasteiger partial charge in [-0.2, -0.15) is 0 Å². The van der Waals surface area contributed by atoms with E-state index in [2.05, 4.69) is 5.32 Å². The molecule has 0 aliphatic heterocycles. The molecular formula is C15H15NO4. The third-order valence-electron chi connectivity index (χ3n) is 2.78. The first kappa shape index (κ1) is 13.7. The fourth-order valence-corrected chi connectivity index (χ4v) is 1.75. The van der Waals surface area contributed by atoms with E-state index in [-0.39, 0.29) is 23.0 Å². The highest BCUT2D eigenvalue weighted by atomic mass is 16.5. The Kier molecular flexibility index (Phi) is 4.10. The number of amides is 1. The predicted molar refractivity (Wildman–Crippen MR) is 73.9 cm³/mol. The molecule has 2 rings (SSSR count). The van der Waals surface area contributed by atoms with E-state index in [0.29, 0.717) is 6.54 Å². The van der Waals surface area contributed by atoms with Crippen LogP contribution >= 0.6 is 0 Å². The molecule has 0 atom stereocenters. The summed E-state index contributed by atoms with van der Waals surface area (Å²) in [5.74, 6) is 0.0733. The molecule has 0 aromatic heterocycles. The third kappa shape index (κ3) is 3.41. The van der Waals surface area contributed by atoms with Gasteiger partial charge in [-0.3, -0.25) is 4.79 Å². The van der Waals surface area contributed by atoms with Gasteiger partial charge in [-0.15, -0.1) is 0 Å². The number of carbonyl (C=O) groups excluding carboxylic acids is 1. The topological polar surface area (TPSA) is 78.8 Å². The molecule has 0 spiro atoms. The summed E-state index contributed by atoms with van der Waals surface area (Å²) in [5, 5.41) is 21.4. The second kappa shape index (κ2) is 5.97. The molecule has 0 aliphatic rings. The molecule has 0 heterocycles. The van der Waals surface area contributed by atoms with Crippen molar-refractivity contribution in [2.45, 2.75) is 6.54 Å². The van der Waals surface area contributed by atoms with Gasteiger partial charge in [0.15, 0.2) is 0 Å². The van der Waals surface area contributed by atoms with E-state index in [9.17, 15) is 15.0 Å². The Labute approximate surface area is 116 Å². The quantitative estimate of drug-likeness (QED) is 0.796. The lowest BCUT2D eigenvalue weighted by molar-refractivity contribution is 0.0950. The van der Waals surface area contributed by atoms with Crippen molar-refractivity contribution < 1.29 is 19.7 Å². The molecule has 0 fully saturated rings. The van der Waals surface area contributed by atoms with E-state index in [4.69, 9.17) is 4.74 Å². The largest absolute Gasteiger partial charge is 0.508 e. The number of carbonyl (C=O) groups is 1. The van der Waals surface area contributed by atoms with Crippen LogP contribution in [0.25, 0.3) is 0 Å². The van der Waals surface area contributed by atoms with E-state index < -0.39 is 0 Å². The molecule has 2 aromatic rings. The number of phenols is 2. The smallest absolute Gasteiger partial charge is 0.251 e. The molecule has 1 amide bonds. The number of methoxy groups -OCH3 is 1. The maximum absolute atomic E-state index is 11.9. The highest BCUT2D eigenvalue weighted by Gasteiger charge is 2.08. The fourth-order valence-electron chi connectivity index (χ4n) is 1.75. The van der Waals surface area contributed by atoms with Gasteiger partial charge in [0.2, 0.25) is 0 Å². The molecule has 20 heavy (non-hydrogen) atoms. The van der Waals surface area contributed by atoms with E-state index in [1.807, 2.05) is 24.3 Å². The SMILES string of the molecule is COc1ccc(CNC(=O)c2cc(O)cc(O)c2)cc1. The summed E-state index contributed by atoms with van der Waals surface area (Å²) in [6.07, 6.45) is 0. The number of benzene rings is 2. The van der Waals surface area contributed by atoms with Gasteiger partial charge in [0.1, 0.15) is 17.2 Å². The molecule has 0 saturated heterocycles. The van der Waals surface area contributed by atoms with Crippen molar-refractivity contribution in [2.75, 3.05) is 7.11 Å². The summed E-state index contributed by atoms with van der Waals surface area (Å²) >= 11 is 0. The lowest BCUT2D eigenvalue weighted by atomic mass is 10.1. The molecule has 104 valence electrons. The Morgan fingerprint density at radius 2 is 1.70 bits per heavy atom. The zero-order valence-electron chi connectivity index (χ0n) is 11.0. The number of rotatable bonds is 4. The van der Waals surface area contributed by atoms with Gasteiger partial charge in [0, 0.05) is 18.2 Å². The Balaban J connectivity index is 2.00. The van der Waals surface area contributed by atoms with Gasteiger partial charge in [0.25, 0.3) is 5.91 Å². The zero-order chi connectivity index (χ0) is 14.5. The van der Waals surface area contributed by atoms with Gasteiger partial charge in [-0.25, -0.2) is 0 Å². The molecule has 0 unspecified atom stereocenters. The van der Waals surface area contributed by atoms with Crippen LogP contribution in [0.4, 0.5) is 0 Å². The first-order valence-electron chi connectivity index (χ1n) is 6.02. The van der Waals surface area contributed by atoms with Crippen molar-refractivity contribution in [1.82, 2.24) is 5.32 Å². The highest BCUT2D eigenvalue weighted by Crippen LogP contribution is 2.20. The predicted octanol–water partition coefficient (Wildman–Crippen LogP) is 2.04. The van der Waals surface area contributed by atoms with Crippen molar-refractivity contribution in [3.05, 3.63) is 53.6 Å². The monoisotopic (exact) mass is 273 g/mol. The third-order valence-corrected chi connectivity index (χ3v) is 2.78. The Morgan fingerprint density at radius 3 is 2.25 bits per heavy atom. The Hall–Kier alpha value is -2.69. The molecule has 3 N–H and O–H groups in total. The minimum atomic E-state index is -0.369. The summed E-state index contributed by atoms with van der Waals surface area (Å²) in [4.78, 5) is 11.9. The first-order valence-corrected chi connectivity index (χ1v) is 6.02. The molecular weight excluding hydrogens is 258 g/mol. The fraction of sp³-hybridized carbons (Fsp3) is 0.133. The van der Waals surface area contributed by atoms with Crippen LogP contribution in [0.2, 0.25) is 0 Å². The summed E-state index contributed by atoms with van der Waals surface area (Å²) in [6, 6.07) is 11.1. The molecule has 0 saturated carbocycles. The average molecular weight is 273 g/mol. The van der Waals surface area contributed by atoms with E-state index >= 15 is 0 Å². The first-order chi connectivity index (χ1) is 9.58. The number of nitrogens with one attached hydrogen (secondary N) is 1. The number of hydrogen-bond donors (Lipinski definition) is 3. The number of aromatic hydroxyl groups is 2. The van der Waals surface area contributed by atoms with Crippen molar-refractivity contribution >= 4 is 5.91 Å². The number of hydrogen-bond acceptors (Lipinski definition) is 4. The minimum absolute atomic E-state index is 0.153. The van der Waals surface area contributed by atoms with Crippen LogP contribution < -0.4 is 10.1 Å². The Bertz CT molecular complexity index is 588. The van der Waals surface area contributed by atoms with E-state index in [0.717, 1.165) is 11.3 Å². The van der Waals surface area contributed by atoms with Crippen LogP contribution in [0, 0.1) is 0 Å². The van der Waals surface area contributed by atoms with Crippen LogP contribution in [-0.2, 0) is 6.54 Å². The Morgan fingerprint density at radius 1 is 1.10 bits per heavy atom. The molecule has 5 heteroatoms. The van der Waals surface area contributed by atoms with E-state index in [1.165, 1.54) is 18.2 Å². The second-order valence-electron chi connectivity index (χ2n) is 4.27. The number of phenolic OH excluding ortho intramolecular Hbond substituents is 2. The number of ether oxygens (including phenoxy) is 1. The van der Waals surface area contributed by atoms with Gasteiger partial charge in [-0.1, -0.05) is 12.1 Å². The van der Waals surface area contributed by atoms with Crippen LogP contribution in [0.1, 0.15) is 15.9 Å². The maximum Gasteiger partial charge on any atom is 0.251 e. The lowest BCUT2D eigenvalue weighted by Gasteiger charge is -2.07. The minimum Gasteiger partial charge on any atom is -0.508 e. The maximum atomic E-state index is 11.9. The van der Waals surface area contributed by atoms with Crippen LogP contribution in [-0.4, -0.2) is 23.2 Å². The van der Waals surface area contributed by atoms with Gasteiger partial charge < -0.3 is 20.3 Å². The van der Waals surface area contributed by atoms with E-state index in [1.54, 1.807) is 7.11 Å². The van der Waals surface area contributed by atoms with Gasteiger partial charge >= 0.3 is 0 Å². The molecule has 2 aromatic carbocycles. The zero-order valence-corrected chi connectivity index (χ0v) is 11.0. The van der Waals surface area contributed by atoms with Crippen LogP contribution in [0.3, 0.4) is 0 Å². The van der Waals surface area contributed by atoms with Crippen molar-refractivity contribution in [3.63, 3.8) is 0 Å². The standard InChI is InChI=1S/C15H15NO4/c1-20-14-4-2-10(3-5-14)9-16-15(19)11-6-12(17)8-13(18)7-11/h2-8,17-18H,9H2,1H3,(H,16,19). The van der Waals surface area contributed by atoms with Crippen molar-refractivity contribution in [2.24, 2.45) is 0 Å². The lowest BCUT2D eigenvalue weighted by Crippen LogP contribution is -2.22. The van der Waals surface area contributed by atoms with Crippen LogP contribution in [0.5, 0.6) is 17.2 Å². The molecule has 0 radical (unpaired) electrons. The van der Waals surface area contributed by atoms with Crippen molar-refractivity contribution in [3.8, 4) is 17.2 Å². The summed E-state index contributed by atoms with van der Waals surface area (Å²) < 4.78 is 5.05. The highest BCUT2D eigenvalue weighted by molar-refractivity contribution is 5.94. The molecule has 0 aliphatic carbocycles. The summed E-state index contributed by atoms with van der Waals surface area (Å²) in [6.45, 7) is 0.346. The molecule has 5 nitrogen and oxygen atoms in total. The van der Waals surface area contributed by atoms with Crippen molar-refractivity contribution in [1.29, 1.82) is 0 Å². The second-order valence-corrected chi connectivity index (χ2v) is 4.27. The summed E-state index contributed by atoms with van der Waals surface area (Å²) in [5.41, 5.74) is 1.12. The van der Waals surface area contributed by atoms with Crippen LogP contribution in [0.15, 0.2) is 42.5 Å². The van der Waals surface area contributed by atoms with Gasteiger partial charge in [0.05, 0.1) is 7.11 Å². The van der Waals surface area contributed by atoms with Gasteiger partial charge in [-0.05, 0) is 29.8 Å². The normalized spacial score (nSPS) is 10.1. The molecule has 0 bridgehead atoms.